The van der Waals surface area contributed by atoms with Crippen molar-refractivity contribution in [2.75, 3.05) is 11.9 Å². The Labute approximate surface area is 120 Å². The fourth-order valence-corrected chi connectivity index (χ4v) is 2.13. The normalized spacial score (nSPS) is 18.6. The molecule has 0 saturated carbocycles. The molecule has 0 radical (unpaired) electrons. The zero-order valence-electron chi connectivity index (χ0n) is 10.0. The van der Waals surface area contributed by atoms with Crippen LogP contribution in [-0.4, -0.2) is 24.5 Å². The molecular formula is C12H13Cl2N3O2. The molecule has 7 heteroatoms. The van der Waals surface area contributed by atoms with E-state index in [-0.39, 0.29) is 18.0 Å². The second-order valence-corrected chi connectivity index (χ2v) is 5.11. The average molecular weight is 302 g/mol. The van der Waals surface area contributed by atoms with Gasteiger partial charge in [-0.25, -0.2) is 4.79 Å². The van der Waals surface area contributed by atoms with Gasteiger partial charge in [-0.2, -0.15) is 0 Å². The summed E-state index contributed by atoms with van der Waals surface area (Å²) in [5, 5.41) is 9.00. The van der Waals surface area contributed by atoms with E-state index in [4.69, 9.17) is 23.2 Å². The van der Waals surface area contributed by atoms with Crippen molar-refractivity contribution in [1.82, 2.24) is 10.6 Å². The number of amides is 3. The Morgan fingerprint density at radius 3 is 2.84 bits per heavy atom. The number of piperidine rings is 1. The number of nitrogens with one attached hydrogen (secondary N) is 3. The first-order chi connectivity index (χ1) is 9.04. The Balaban J connectivity index is 1.90. The predicted octanol–water partition coefficient (Wildman–Crippen LogP) is 2.39. The summed E-state index contributed by atoms with van der Waals surface area (Å²) in [6.45, 7) is 0.440. The molecule has 0 aliphatic carbocycles. The smallest absolute Gasteiger partial charge is 0.319 e. The number of rotatable bonds is 2. The van der Waals surface area contributed by atoms with E-state index in [9.17, 15) is 9.59 Å². The van der Waals surface area contributed by atoms with Crippen molar-refractivity contribution >= 4 is 40.8 Å². The highest BCUT2D eigenvalue weighted by atomic mass is 35.5. The summed E-state index contributed by atoms with van der Waals surface area (Å²) < 4.78 is 0. The molecule has 0 bridgehead atoms. The SMILES string of the molecule is O=C1CCC(NC(=O)Nc2cc(Cl)ccc2Cl)CN1. The average Bonchev–Trinajstić information content (AvgIpc) is 2.37. The molecule has 3 amide bonds. The second kappa shape index (κ2) is 6.12. The number of hydrogen-bond donors (Lipinski definition) is 3. The van der Waals surface area contributed by atoms with Gasteiger partial charge in [0, 0.05) is 24.0 Å². The van der Waals surface area contributed by atoms with Gasteiger partial charge in [-0.1, -0.05) is 23.2 Å². The molecule has 1 aliphatic rings. The highest BCUT2D eigenvalue weighted by molar-refractivity contribution is 6.35. The van der Waals surface area contributed by atoms with Crippen LogP contribution in [0.25, 0.3) is 0 Å². The van der Waals surface area contributed by atoms with Crippen LogP contribution in [0.2, 0.25) is 10.0 Å². The first kappa shape index (κ1) is 14.0. The number of carbonyl (C=O) groups excluding carboxylic acids is 2. The van der Waals surface area contributed by atoms with E-state index in [1.807, 2.05) is 0 Å². The van der Waals surface area contributed by atoms with E-state index in [2.05, 4.69) is 16.0 Å². The van der Waals surface area contributed by atoms with Crippen LogP contribution in [0.15, 0.2) is 18.2 Å². The molecule has 19 heavy (non-hydrogen) atoms. The Morgan fingerprint density at radius 2 is 2.16 bits per heavy atom. The molecule has 1 atom stereocenters. The maximum absolute atomic E-state index is 11.8. The number of hydrogen-bond acceptors (Lipinski definition) is 2. The minimum absolute atomic E-state index is 0.0105. The van der Waals surface area contributed by atoms with Gasteiger partial charge in [0.05, 0.1) is 10.7 Å². The van der Waals surface area contributed by atoms with Crippen LogP contribution in [-0.2, 0) is 4.79 Å². The van der Waals surface area contributed by atoms with Gasteiger partial charge in [0.1, 0.15) is 0 Å². The molecule has 1 saturated heterocycles. The lowest BCUT2D eigenvalue weighted by atomic mass is 10.1. The number of benzene rings is 1. The Bertz CT molecular complexity index is 498. The second-order valence-electron chi connectivity index (χ2n) is 4.26. The number of urea groups is 1. The molecule has 1 aliphatic heterocycles. The fourth-order valence-electron chi connectivity index (χ4n) is 1.79. The van der Waals surface area contributed by atoms with E-state index in [0.717, 1.165) is 0 Å². The molecule has 0 spiro atoms. The molecule has 1 fully saturated rings. The standard InChI is InChI=1S/C12H13Cl2N3O2/c13-7-1-3-9(14)10(5-7)17-12(19)16-8-2-4-11(18)15-6-8/h1,3,5,8H,2,4,6H2,(H,15,18)(H2,16,17,19). The Morgan fingerprint density at radius 1 is 1.37 bits per heavy atom. The first-order valence-corrected chi connectivity index (χ1v) is 6.59. The molecule has 1 heterocycles. The Hall–Kier alpha value is -1.46. The quantitative estimate of drug-likeness (QED) is 0.785. The summed E-state index contributed by atoms with van der Waals surface area (Å²) in [4.78, 5) is 22.8. The van der Waals surface area contributed by atoms with Gasteiger partial charge in [-0.15, -0.1) is 0 Å². The summed E-state index contributed by atoms with van der Waals surface area (Å²) in [5.74, 6) is 0.0105. The summed E-state index contributed by atoms with van der Waals surface area (Å²) in [7, 11) is 0. The van der Waals surface area contributed by atoms with Gasteiger partial charge >= 0.3 is 6.03 Å². The maximum Gasteiger partial charge on any atom is 0.319 e. The molecule has 3 N–H and O–H groups in total. The molecule has 1 aromatic carbocycles. The van der Waals surface area contributed by atoms with Crippen molar-refractivity contribution in [2.45, 2.75) is 18.9 Å². The predicted molar refractivity (Wildman–Crippen MR) is 74.6 cm³/mol. The van der Waals surface area contributed by atoms with Crippen LogP contribution in [0.1, 0.15) is 12.8 Å². The molecule has 1 unspecified atom stereocenters. The lowest BCUT2D eigenvalue weighted by Crippen LogP contribution is -2.48. The van der Waals surface area contributed by atoms with E-state index in [0.29, 0.717) is 35.1 Å². The highest BCUT2D eigenvalue weighted by Gasteiger charge is 2.19. The number of carbonyl (C=O) groups is 2. The summed E-state index contributed by atoms with van der Waals surface area (Å²) in [6, 6.07) is 4.39. The molecule has 5 nitrogen and oxygen atoms in total. The van der Waals surface area contributed by atoms with E-state index in [1.54, 1.807) is 18.2 Å². The van der Waals surface area contributed by atoms with E-state index < -0.39 is 0 Å². The lowest BCUT2D eigenvalue weighted by Gasteiger charge is -2.23. The van der Waals surface area contributed by atoms with Gasteiger partial charge < -0.3 is 16.0 Å². The van der Waals surface area contributed by atoms with Crippen LogP contribution in [0.4, 0.5) is 10.5 Å². The van der Waals surface area contributed by atoms with Gasteiger partial charge in [0.2, 0.25) is 5.91 Å². The maximum atomic E-state index is 11.8. The Kier molecular flexibility index (Phi) is 4.50. The number of halogens is 2. The van der Waals surface area contributed by atoms with Crippen LogP contribution < -0.4 is 16.0 Å². The van der Waals surface area contributed by atoms with Gasteiger partial charge in [0.15, 0.2) is 0 Å². The lowest BCUT2D eigenvalue weighted by molar-refractivity contribution is -0.122. The van der Waals surface area contributed by atoms with Gasteiger partial charge in [0.25, 0.3) is 0 Å². The third-order valence-corrected chi connectivity index (χ3v) is 3.34. The van der Waals surface area contributed by atoms with Crippen LogP contribution in [0.5, 0.6) is 0 Å². The van der Waals surface area contributed by atoms with Crippen LogP contribution in [0.3, 0.4) is 0 Å². The molecular weight excluding hydrogens is 289 g/mol. The highest BCUT2D eigenvalue weighted by Crippen LogP contribution is 2.25. The third-order valence-electron chi connectivity index (χ3n) is 2.78. The molecule has 102 valence electrons. The monoisotopic (exact) mass is 301 g/mol. The van der Waals surface area contributed by atoms with Gasteiger partial charge in [-0.3, -0.25) is 4.79 Å². The fraction of sp³-hybridized carbons (Fsp3) is 0.333. The van der Waals surface area contributed by atoms with Crippen LogP contribution >= 0.6 is 23.2 Å². The van der Waals surface area contributed by atoms with E-state index in [1.165, 1.54) is 0 Å². The van der Waals surface area contributed by atoms with Crippen molar-refractivity contribution in [3.63, 3.8) is 0 Å². The summed E-state index contributed by atoms with van der Waals surface area (Å²) in [6.07, 6.45) is 1.05. The zero-order chi connectivity index (χ0) is 13.8. The number of anilines is 1. The molecule has 1 aromatic rings. The van der Waals surface area contributed by atoms with Crippen LogP contribution in [0, 0.1) is 0 Å². The minimum Gasteiger partial charge on any atom is -0.354 e. The minimum atomic E-state index is -0.370. The van der Waals surface area contributed by atoms with E-state index >= 15 is 0 Å². The van der Waals surface area contributed by atoms with Crippen molar-refractivity contribution in [3.8, 4) is 0 Å². The van der Waals surface area contributed by atoms with Gasteiger partial charge in [-0.05, 0) is 24.6 Å². The molecule has 0 aromatic heterocycles. The third kappa shape index (κ3) is 4.01. The van der Waals surface area contributed by atoms with Crippen molar-refractivity contribution in [3.05, 3.63) is 28.2 Å². The largest absolute Gasteiger partial charge is 0.354 e. The first-order valence-electron chi connectivity index (χ1n) is 5.84. The summed E-state index contributed by atoms with van der Waals surface area (Å²) in [5.41, 5.74) is 0.450. The topological polar surface area (TPSA) is 70.2 Å². The van der Waals surface area contributed by atoms with Crippen molar-refractivity contribution < 1.29 is 9.59 Å². The van der Waals surface area contributed by atoms with Crippen molar-refractivity contribution in [1.29, 1.82) is 0 Å². The van der Waals surface area contributed by atoms with Crippen molar-refractivity contribution in [2.24, 2.45) is 0 Å². The summed E-state index contributed by atoms with van der Waals surface area (Å²) >= 11 is 11.8. The molecule has 2 rings (SSSR count). The zero-order valence-corrected chi connectivity index (χ0v) is 11.5.